The van der Waals surface area contributed by atoms with E-state index in [0.29, 0.717) is 0 Å². The molecule has 0 spiro atoms. The molecule has 0 aromatic carbocycles. The molecular weight excluding hydrogens is 495 g/mol. The number of rotatable bonds is 4. The van der Waals surface area contributed by atoms with Crippen molar-refractivity contribution in [3.05, 3.63) is 0 Å². The van der Waals surface area contributed by atoms with Gasteiger partial charge < -0.3 is 0 Å². The van der Waals surface area contributed by atoms with Crippen molar-refractivity contribution in [3.63, 3.8) is 0 Å². The fourth-order valence-corrected chi connectivity index (χ4v) is 45.9. The Hall–Kier alpha value is 0.922. The third-order valence-corrected chi connectivity index (χ3v) is 40.2. The molecule has 4 aliphatic carbocycles. The van der Waals surface area contributed by atoms with Crippen molar-refractivity contribution in [1.82, 2.24) is 0 Å². The van der Waals surface area contributed by atoms with Crippen LogP contribution in [0.3, 0.4) is 0 Å². The van der Waals surface area contributed by atoms with E-state index < -0.39 is 21.2 Å². The van der Waals surface area contributed by atoms with Gasteiger partial charge in [-0.2, -0.15) is 0 Å². The minimum absolute atomic E-state index is 1.33. The normalized spacial score (nSPS) is 29.8. The summed E-state index contributed by atoms with van der Waals surface area (Å²) in [5, 5.41) is 0. The molecule has 25 heavy (non-hydrogen) atoms. The molecule has 0 saturated heterocycles. The van der Waals surface area contributed by atoms with Gasteiger partial charge in [-0.3, -0.25) is 0 Å². The van der Waals surface area contributed by atoms with E-state index in [2.05, 4.69) is 0 Å². The van der Waals surface area contributed by atoms with Gasteiger partial charge in [0.15, 0.2) is 0 Å². The molecule has 4 fully saturated rings. The summed E-state index contributed by atoms with van der Waals surface area (Å²) in [5.41, 5.74) is 0. The van der Waals surface area contributed by atoms with E-state index in [1.807, 2.05) is 0 Å². The molecule has 0 bridgehead atoms. The van der Waals surface area contributed by atoms with Crippen molar-refractivity contribution in [2.45, 2.75) is 142 Å². The standard InChI is InChI=1S/4C6H11.Pb/c4*1-2-4-6-5-3-1;/h4*1H,2-6H2;. The fraction of sp³-hybridized carbons (Fsp3) is 1.00. The predicted molar refractivity (Wildman–Crippen MR) is 113 cm³/mol. The fourth-order valence-electron chi connectivity index (χ4n) is 8.41. The first-order valence-electron chi connectivity index (χ1n) is 12.4. The second kappa shape index (κ2) is 9.41. The summed E-state index contributed by atoms with van der Waals surface area (Å²) in [6, 6.07) is 0. The van der Waals surface area contributed by atoms with E-state index >= 15 is 0 Å². The molecule has 0 nitrogen and oxygen atoms in total. The molecule has 1 heteroatoms. The van der Waals surface area contributed by atoms with E-state index in [9.17, 15) is 0 Å². The van der Waals surface area contributed by atoms with E-state index in [0.717, 1.165) is 0 Å². The van der Waals surface area contributed by atoms with Crippen LogP contribution in [0.25, 0.3) is 0 Å². The van der Waals surface area contributed by atoms with Crippen LogP contribution in [-0.2, 0) is 0 Å². The average Bonchev–Trinajstić information content (AvgIpc) is 2.72. The topological polar surface area (TPSA) is 0 Å². The Bertz CT molecular complexity index is 301. The zero-order valence-corrected chi connectivity index (χ0v) is 20.8. The second-order valence-electron chi connectivity index (χ2n) is 10.3. The Kier molecular flexibility index (Phi) is 7.25. The van der Waals surface area contributed by atoms with Gasteiger partial charge in [0.25, 0.3) is 0 Å². The van der Waals surface area contributed by atoms with Crippen LogP contribution >= 0.6 is 0 Å². The SMILES string of the molecule is C1CC[CH]([Pb]([CH]2CCCCC2)([CH]2CCCCC2)[CH]2CCCCC2)CC1. The van der Waals surface area contributed by atoms with E-state index in [1.54, 1.807) is 128 Å². The molecule has 0 radical (unpaired) electrons. The summed E-state index contributed by atoms with van der Waals surface area (Å²) in [4.78, 5) is 0. The molecular formula is C24H44Pb. The minimum atomic E-state index is -2.38. The Morgan fingerprint density at radius 1 is 0.280 bits per heavy atom. The van der Waals surface area contributed by atoms with Crippen LogP contribution in [0.4, 0.5) is 0 Å². The number of hydrogen-bond acceptors (Lipinski definition) is 0. The molecule has 144 valence electrons. The molecule has 0 unspecified atom stereocenters. The van der Waals surface area contributed by atoms with Crippen LogP contribution in [0.15, 0.2) is 0 Å². The molecule has 0 N–H and O–H groups in total. The maximum atomic E-state index is 1.70. The van der Waals surface area contributed by atoms with Crippen molar-refractivity contribution in [3.8, 4) is 0 Å². The summed E-state index contributed by atoms with van der Waals surface area (Å²) in [6.07, 6.45) is 32.8. The summed E-state index contributed by atoms with van der Waals surface area (Å²) in [6.45, 7) is 0. The second-order valence-corrected chi connectivity index (χ2v) is 30.8. The molecule has 4 aliphatic rings. The van der Waals surface area contributed by atoms with E-state index in [4.69, 9.17) is 0 Å². The van der Waals surface area contributed by atoms with Gasteiger partial charge in [0.05, 0.1) is 0 Å². The van der Waals surface area contributed by atoms with Gasteiger partial charge in [-0.05, 0) is 0 Å². The first kappa shape index (κ1) is 19.2. The van der Waals surface area contributed by atoms with Crippen molar-refractivity contribution < 1.29 is 0 Å². The van der Waals surface area contributed by atoms with Gasteiger partial charge in [0.2, 0.25) is 0 Å². The van der Waals surface area contributed by atoms with Crippen LogP contribution in [0.5, 0.6) is 0 Å². The number of hydrogen-bond donors (Lipinski definition) is 0. The summed E-state index contributed by atoms with van der Waals surface area (Å²) < 4.78 is 5.32. The molecule has 4 rings (SSSR count). The van der Waals surface area contributed by atoms with Crippen molar-refractivity contribution >= 4 is 21.2 Å². The van der Waals surface area contributed by atoms with Gasteiger partial charge in [-0.15, -0.1) is 0 Å². The van der Waals surface area contributed by atoms with Crippen molar-refractivity contribution in [1.29, 1.82) is 0 Å². The molecule has 0 amide bonds. The monoisotopic (exact) mass is 540 g/mol. The zero-order chi connectivity index (χ0) is 17.0. The van der Waals surface area contributed by atoms with Crippen LogP contribution in [0, 0.1) is 0 Å². The van der Waals surface area contributed by atoms with Crippen LogP contribution < -0.4 is 0 Å². The first-order valence-corrected chi connectivity index (χ1v) is 21.4. The Labute approximate surface area is 163 Å². The molecule has 0 aliphatic heterocycles. The molecule has 4 saturated carbocycles. The van der Waals surface area contributed by atoms with Gasteiger partial charge in [0, 0.05) is 0 Å². The van der Waals surface area contributed by atoms with Crippen LogP contribution in [0.2, 0.25) is 13.9 Å². The third kappa shape index (κ3) is 4.04. The third-order valence-electron chi connectivity index (χ3n) is 9.25. The van der Waals surface area contributed by atoms with Gasteiger partial charge >= 0.3 is 163 Å². The Morgan fingerprint density at radius 3 is 0.680 bits per heavy atom. The molecule has 0 heterocycles. The van der Waals surface area contributed by atoms with Gasteiger partial charge in [0.1, 0.15) is 0 Å². The summed E-state index contributed by atoms with van der Waals surface area (Å²) in [5.74, 6) is 0. The predicted octanol–water partition coefficient (Wildman–Crippen LogP) is 8.77. The van der Waals surface area contributed by atoms with Gasteiger partial charge in [-0.1, -0.05) is 0 Å². The Balaban J connectivity index is 1.70. The average molecular weight is 540 g/mol. The van der Waals surface area contributed by atoms with E-state index in [1.165, 1.54) is 13.9 Å². The molecule has 0 atom stereocenters. The van der Waals surface area contributed by atoms with Crippen molar-refractivity contribution in [2.75, 3.05) is 0 Å². The van der Waals surface area contributed by atoms with E-state index in [-0.39, 0.29) is 0 Å². The molecule has 0 aromatic heterocycles. The van der Waals surface area contributed by atoms with Crippen molar-refractivity contribution in [2.24, 2.45) is 0 Å². The quantitative estimate of drug-likeness (QED) is 0.313. The maximum absolute atomic E-state index is 2.38. The Morgan fingerprint density at radius 2 is 0.480 bits per heavy atom. The zero-order valence-electron chi connectivity index (χ0n) is 17.0. The summed E-state index contributed by atoms with van der Waals surface area (Å²) in [7, 11) is 0. The summed E-state index contributed by atoms with van der Waals surface area (Å²) >= 11 is -2.38. The first-order chi connectivity index (χ1) is 12.4. The van der Waals surface area contributed by atoms with Gasteiger partial charge in [-0.25, -0.2) is 0 Å². The van der Waals surface area contributed by atoms with Crippen LogP contribution in [-0.4, -0.2) is 21.2 Å². The van der Waals surface area contributed by atoms with Crippen LogP contribution in [0.1, 0.15) is 128 Å². The molecule has 0 aromatic rings.